The van der Waals surface area contributed by atoms with Gasteiger partial charge in [0.1, 0.15) is 22.9 Å². The third-order valence-corrected chi connectivity index (χ3v) is 5.04. The third kappa shape index (κ3) is 3.90. The van der Waals surface area contributed by atoms with Gasteiger partial charge in [0.25, 0.3) is 11.8 Å². The van der Waals surface area contributed by atoms with E-state index in [9.17, 15) is 14.0 Å². The van der Waals surface area contributed by atoms with Crippen molar-refractivity contribution in [2.45, 2.75) is 0 Å². The van der Waals surface area contributed by atoms with Gasteiger partial charge in [-0.2, -0.15) is 0 Å². The highest BCUT2D eigenvalue weighted by atomic mass is 79.9. The molecule has 2 aromatic carbocycles. The molecule has 1 saturated heterocycles. The summed E-state index contributed by atoms with van der Waals surface area (Å²) < 4.78 is 19.6. The molecule has 5 nitrogen and oxygen atoms in total. The van der Waals surface area contributed by atoms with Gasteiger partial charge in [-0.15, -0.1) is 0 Å². The van der Waals surface area contributed by atoms with Crippen molar-refractivity contribution in [2.24, 2.45) is 0 Å². The van der Waals surface area contributed by atoms with Crippen molar-refractivity contribution in [1.82, 2.24) is 5.32 Å². The topological polar surface area (TPSA) is 62.6 Å². The second-order valence-electron chi connectivity index (χ2n) is 6.14. The van der Waals surface area contributed by atoms with Crippen LogP contribution in [0.15, 0.2) is 75.1 Å². The van der Waals surface area contributed by atoms with Crippen LogP contribution in [-0.2, 0) is 9.59 Å². The lowest BCUT2D eigenvalue weighted by molar-refractivity contribution is -0.122. The molecule has 0 unspecified atom stereocenters. The van der Waals surface area contributed by atoms with E-state index in [-0.39, 0.29) is 16.5 Å². The minimum Gasteiger partial charge on any atom is -0.457 e. The summed E-state index contributed by atoms with van der Waals surface area (Å²) in [7, 11) is 0. The molecule has 0 spiro atoms. The average molecular weight is 471 g/mol. The average Bonchev–Trinajstić information content (AvgIpc) is 3.16. The van der Waals surface area contributed by atoms with Gasteiger partial charge < -0.3 is 4.42 Å². The Labute approximate surface area is 178 Å². The van der Waals surface area contributed by atoms with Crippen molar-refractivity contribution in [3.8, 4) is 11.3 Å². The van der Waals surface area contributed by atoms with E-state index >= 15 is 0 Å². The van der Waals surface area contributed by atoms with Crippen LogP contribution in [0.5, 0.6) is 0 Å². The lowest BCUT2D eigenvalue weighted by Crippen LogP contribution is -2.54. The van der Waals surface area contributed by atoms with Crippen LogP contribution in [0.2, 0.25) is 0 Å². The molecule has 1 aliphatic heterocycles. The smallest absolute Gasteiger partial charge is 0.270 e. The molecule has 2 amide bonds. The van der Waals surface area contributed by atoms with E-state index in [1.54, 1.807) is 48.5 Å². The SMILES string of the molecule is O=C1NC(=S)N(c2ccc(Br)cc2)C(=O)/C1=C/c1ccc(-c2ccc(F)cc2)o1. The van der Waals surface area contributed by atoms with Crippen LogP contribution in [-0.4, -0.2) is 16.9 Å². The van der Waals surface area contributed by atoms with Crippen LogP contribution < -0.4 is 10.2 Å². The molecule has 0 atom stereocenters. The molecule has 1 aromatic heterocycles. The van der Waals surface area contributed by atoms with Gasteiger partial charge in [0, 0.05) is 10.0 Å². The number of nitrogens with zero attached hydrogens (tertiary/aromatic N) is 1. The first-order chi connectivity index (χ1) is 13.9. The summed E-state index contributed by atoms with van der Waals surface area (Å²) in [4.78, 5) is 26.6. The standard InChI is InChI=1S/C21H12BrFN2O3S/c22-13-3-7-15(8-4-13)25-20(27)17(19(26)24-21(25)29)11-16-9-10-18(28-16)12-1-5-14(23)6-2-12/h1-11H,(H,24,26,29)/b17-11+. The Kier molecular flexibility index (Phi) is 5.12. The number of nitrogens with one attached hydrogen (secondary N) is 1. The molecular formula is C21H12BrFN2O3S. The highest BCUT2D eigenvalue weighted by molar-refractivity contribution is 9.10. The Bertz CT molecular complexity index is 1150. The predicted octanol–water partition coefficient (Wildman–Crippen LogP) is 4.68. The normalized spacial score (nSPS) is 15.7. The number of carbonyl (C=O) groups is 2. The van der Waals surface area contributed by atoms with Crippen molar-refractivity contribution < 1.29 is 18.4 Å². The quantitative estimate of drug-likeness (QED) is 0.343. The van der Waals surface area contributed by atoms with Gasteiger partial charge in [0.05, 0.1) is 5.69 Å². The van der Waals surface area contributed by atoms with Crippen LogP contribution in [0.4, 0.5) is 10.1 Å². The number of hydrogen-bond acceptors (Lipinski definition) is 4. The minimum absolute atomic E-state index is 0.00548. The summed E-state index contributed by atoms with van der Waals surface area (Å²) in [6, 6.07) is 16.1. The first kappa shape index (κ1) is 19.2. The first-order valence-electron chi connectivity index (χ1n) is 8.45. The molecule has 1 aliphatic rings. The van der Waals surface area contributed by atoms with E-state index in [1.807, 2.05) is 0 Å². The number of carbonyl (C=O) groups excluding carboxylic acids is 2. The van der Waals surface area contributed by atoms with Gasteiger partial charge in [-0.25, -0.2) is 4.39 Å². The molecular weight excluding hydrogens is 459 g/mol. The maximum atomic E-state index is 13.1. The number of halogens is 2. The van der Waals surface area contributed by atoms with E-state index in [0.717, 1.165) is 4.47 Å². The predicted molar refractivity (Wildman–Crippen MR) is 114 cm³/mol. The van der Waals surface area contributed by atoms with Gasteiger partial charge in [0.15, 0.2) is 5.11 Å². The largest absolute Gasteiger partial charge is 0.457 e. The summed E-state index contributed by atoms with van der Waals surface area (Å²) in [6.07, 6.45) is 1.36. The Hall–Kier alpha value is -3.10. The van der Waals surface area contributed by atoms with Crippen molar-refractivity contribution in [3.05, 3.63) is 82.3 Å². The fraction of sp³-hybridized carbons (Fsp3) is 0. The van der Waals surface area contributed by atoms with Crippen molar-refractivity contribution >= 4 is 56.8 Å². The zero-order valence-corrected chi connectivity index (χ0v) is 17.1. The molecule has 144 valence electrons. The van der Waals surface area contributed by atoms with E-state index in [0.29, 0.717) is 22.8 Å². The highest BCUT2D eigenvalue weighted by Gasteiger charge is 2.34. The van der Waals surface area contributed by atoms with Crippen molar-refractivity contribution in [2.75, 3.05) is 4.90 Å². The van der Waals surface area contributed by atoms with Crippen LogP contribution in [0, 0.1) is 5.82 Å². The summed E-state index contributed by atoms with van der Waals surface area (Å²) in [5.74, 6) is -0.711. The Balaban J connectivity index is 1.66. The molecule has 8 heteroatoms. The van der Waals surface area contributed by atoms with Gasteiger partial charge >= 0.3 is 0 Å². The monoisotopic (exact) mass is 470 g/mol. The molecule has 0 radical (unpaired) electrons. The number of amides is 2. The van der Waals surface area contributed by atoms with Crippen LogP contribution in [0.25, 0.3) is 17.4 Å². The fourth-order valence-electron chi connectivity index (χ4n) is 2.82. The molecule has 1 fully saturated rings. The van der Waals surface area contributed by atoms with Gasteiger partial charge in [-0.05, 0) is 79.0 Å². The third-order valence-electron chi connectivity index (χ3n) is 4.23. The molecule has 0 saturated carbocycles. The Morgan fingerprint density at radius 2 is 1.69 bits per heavy atom. The number of rotatable bonds is 3. The van der Waals surface area contributed by atoms with E-state index in [2.05, 4.69) is 21.2 Å². The van der Waals surface area contributed by atoms with Gasteiger partial charge in [0.2, 0.25) is 0 Å². The second kappa shape index (κ2) is 7.73. The summed E-state index contributed by atoms with van der Waals surface area (Å²) >= 11 is 8.51. The van der Waals surface area contributed by atoms with E-state index < -0.39 is 11.8 Å². The van der Waals surface area contributed by atoms with Crippen LogP contribution in [0.1, 0.15) is 5.76 Å². The molecule has 3 aromatic rings. The fourth-order valence-corrected chi connectivity index (χ4v) is 3.37. The number of hydrogen-bond donors (Lipinski definition) is 1. The number of furan rings is 1. The van der Waals surface area contributed by atoms with Crippen molar-refractivity contribution in [1.29, 1.82) is 0 Å². The maximum absolute atomic E-state index is 13.1. The summed E-state index contributed by atoms with van der Waals surface area (Å²) in [5.41, 5.74) is 1.09. The van der Waals surface area contributed by atoms with Crippen molar-refractivity contribution in [3.63, 3.8) is 0 Å². The summed E-state index contributed by atoms with van der Waals surface area (Å²) in [5, 5.41) is 2.53. The minimum atomic E-state index is -0.604. The number of thiocarbonyl (C=S) groups is 1. The molecule has 2 heterocycles. The van der Waals surface area contributed by atoms with Crippen LogP contribution in [0.3, 0.4) is 0 Å². The first-order valence-corrected chi connectivity index (χ1v) is 9.65. The van der Waals surface area contributed by atoms with E-state index in [4.69, 9.17) is 16.6 Å². The van der Waals surface area contributed by atoms with Gasteiger partial charge in [-0.3, -0.25) is 19.8 Å². The van der Waals surface area contributed by atoms with E-state index in [1.165, 1.54) is 23.1 Å². The molecule has 4 rings (SSSR count). The molecule has 29 heavy (non-hydrogen) atoms. The zero-order chi connectivity index (χ0) is 20.5. The lowest BCUT2D eigenvalue weighted by Gasteiger charge is -2.28. The zero-order valence-electron chi connectivity index (χ0n) is 14.7. The maximum Gasteiger partial charge on any atom is 0.270 e. The van der Waals surface area contributed by atoms with Gasteiger partial charge in [-0.1, -0.05) is 15.9 Å². The second-order valence-corrected chi connectivity index (χ2v) is 7.45. The molecule has 0 bridgehead atoms. The number of benzene rings is 2. The Morgan fingerprint density at radius 3 is 2.38 bits per heavy atom. The Morgan fingerprint density at radius 1 is 1.00 bits per heavy atom. The molecule has 1 N–H and O–H groups in total. The van der Waals surface area contributed by atoms with Crippen LogP contribution >= 0.6 is 28.1 Å². The molecule has 0 aliphatic carbocycles. The summed E-state index contributed by atoms with van der Waals surface area (Å²) in [6.45, 7) is 0. The lowest BCUT2D eigenvalue weighted by atomic mass is 10.1. The highest BCUT2D eigenvalue weighted by Crippen LogP contribution is 2.26. The number of anilines is 1.